The number of carboxylic acids is 1. The summed E-state index contributed by atoms with van der Waals surface area (Å²) in [6.45, 7) is -1.44. The smallest absolute Gasteiger partial charge is 0.314 e. The molecule has 0 aliphatic heterocycles. The SMILES string of the molecule is CC(CO)(CO)C(=O)O.OCC(CO)(CO)CO. The van der Waals surface area contributed by atoms with Gasteiger partial charge in [0.05, 0.1) is 45.1 Å². The molecule has 0 spiro atoms. The van der Waals surface area contributed by atoms with Gasteiger partial charge in [-0.3, -0.25) is 4.79 Å². The molecule has 18 heavy (non-hydrogen) atoms. The molecule has 0 atom stereocenters. The molecule has 0 saturated carbocycles. The lowest BCUT2D eigenvalue weighted by Crippen LogP contribution is -2.37. The maximum Gasteiger partial charge on any atom is 0.314 e. The standard InChI is InChI=1S/C5H10O4.C5H12O4/c1-5(2-6,3-7)4(8)9;6-1-5(2-7,3-8)4-9/h6-7H,2-3H2,1H3,(H,8,9);6-9H,1-4H2. The molecule has 0 amide bonds. The highest BCUT2D eigenvalue weighted by Gasteiger charge is 2.31. The van der Waals surface area contributed by atoms with E-state index in [2.05, 4.69) is 0 Å². The van der Waals surface area contributed by atoms with Gasteiger partial charge < -0.3 is 35.7 Å². The molecule has 0 saturated heterocycles. The summed E-state index contributed by atoms with van der Waals surface area (Å²) in [7, 11) is 0. The molecular formula is C10H22O8. The monoisotopic (exact) mass is 270 g/mol. The van der Waals surface area contributed by atoms with Crippen LogP contribution in [-0.4, -0.2) is 81.4 Å². The zero-order valence-corrected chi connectivity index (χ0v) is 10.3. The van der Waals surface area contributed by atoms with E-state index in [0.29, 0.717) is 0 Å². The van der Waals surface area contributed by atoms with Crippen molar-refractivity contribution in [1.29, 1.82) is 0 Å². The fraction of sp³-hybridized carbons (Fsp3) is 0.900. The van der Waals surface area contributed by atoms with Crippen LogP contribution < -0.4 is 0 Å². The molecule has 0 unspecified atom stereocenters. The van der Waals surface area contributed by atoms with Crippen molar-refractivity contribution in [1.82, 2.24) is 0 Å². The minimum absolute atomic E-state index is 0.406. The fourth-order valence-corrected chi connectivity index (χ4v) is 0.485. The molecule has 0 aromatic rings. The third kappa shape index (κ3) is 5.71. The van der Waals surface area contributed by atoms with Crippen molar-refractivity contribution < 1.29 is 40.5 Å². The van der Waals surface area contributed by atoms with Crippen LogP contribution in [0.5, 0.6) is 0 Å². The van der Waals surface area contributed by atoms with E-state index in [1.807, 2.05) is 0 Å². The van der Waals surface area contributed by atoms with Crippen LogP contribution in [0.4, 0.5) is 0 Å². The first-order valence-electron chi connectivity index (χ1n) is 5.20. The number of hydrogen-bond donors (Lipinski definition) is 7. The van der Waals surface area contributed by atoms with Crippen LogP contribution in [0.1, 0.15) is 6.92 Å². The molecule has 0 aromatic heterocycles. The molecule has 0 heterocycles. The van der Waals surface area contributed by atoms with Crippen LogP contribution in [0.15, 0.2) is 0 Å². The van der Waals surface area contributed by atoms with E-state index < -0.39 is 56.4 Å². The summed E-state index contributed by atoms with van der Waals surface area (Å²) in [5.74, 6) is -1.19. The van der Waals surface area contributed by atoms with Gasteiger partial charge in [0.25, 0.3) is 0 Å². The van der Waals surface area contributed by atoms with E-state index in [1.54, 1.807) is 0 Å². The van der Waals surface area contributed by atoms with Gasteiger partial charge in [-0.2, -0.15) is 0 Å². The molecule has 0 rings (SSSR count). The molecule has 0 bridgehead atoms. The number of aliphatic carboxylic acids is 1. The van der Waals surface area contributed by atoms with E-state index in [9.17, 15) is 4.79 Å². The van der Waals surface area contributed by atoms with Gasteiger partial charge in [-0.15, -0.1) is 0 Å². The number of aliphatic hydroxyl groups excluding tert-OH is 6. The average Bonchev–Trinajstić information content (AvgIpc) is 2.41. The maximum absolute atomic E-state index is 10.2. The van der Waals surface area contributed by atoms with E-state index >= 15 is 0 Å². The first kappa shape index (κ1) is 19.6. The van der Waals surface area contributed by atoms with Crippen molar-refractivity contribution in [3.05, 3.63) is 0 Å². The molecule has 0 aliphatic rings. The topological polar surface area (TPSA) is 159 Å². The normalized spacial score (nSPS) is 11.7. The Labute approximate surface area is 105 Å². The highest BCUT2D eigenvalue weighted by atomic mass is 16.4. The van der Waals surface area contributed by atoms with Gasteiger partial charge in [-0.25, -0.2) is 0 Å². The van der Waals surface area contributed by atoms with Crippen molar-refractivity contribution in [2.75, 3.05) is 39.6 Å². The molecule has 8 nitrogen and oxygen atoms in total. The van der Waals surface area contributed by atoms with E-state index in [4.69, 9.17) is 35.7 Å². The zero-order valence-electron chi connectivity index (χ0n) is 10.3. The summed E-state index contributed by atoms with van der Waals surface area (Å²) >= 11 is 0. The van der Waals surface area contributed by atoms with E-state index in [-0.39, 0.29) is 0 Å². The van der Waals surface area contributed by atoms with Crippen LogP contribution in [0.2, 0.25) is 0 Å². The third-order valence-corrected chi connectivity index (χ3v) is 2.56. The Hall–Kier alpha value is -0.770. The summed E-state index contributed by atoms with van der Waals surface area (Å²) < 4.78 is 0. The first-order chi connectivity index (χ1) is 8.31. The Morgan fingerprint density at radius 3 is 1.06 bits per heavy atom. The van der Waals surface area contributed by atoms with Crippen molar-refractivity contribution in [2.45, 2.75) is 6.92 Å². The van der Waals surface area contributed by atoms with Crippen LogP contribution in [0.3, 0.4) is 0 Å². The van der Waals surface area contributed by atoms with Gasteiger partial charge in [0, 0.05) is 0 Å². The Morgan fingerprint density at radius 2 is 1.06 bits per heavy atom. The van der Waals surface area contributed by atoms with Crippen molar-refractivity contribution in [3.63, 3.8) is 0 Å². The summed E-state index contributed by atoms with van der Waals surface area (Å²) in [6, 6.07) is 0. The number of rotatable bonds is 7. The Bertz CT molecular complexity index is 204. The number of aliphatic hydroxyl groups is 6. The Morgan fingerprint density at radius 1 is 0.778 bits per heavy atom. The van der Waals surface area contributed by atoms with Crippen LogP contribution in [0.25, 0.3) is 0 Å². The van der Waals surface area contributed by atoms with Crippen molar-refractivity contribution >= 4 is 5.97 Å². The maximum atomic E-state index is 10.2. The van der Waals surface area contributed by atoms with Gasteiger partial charge in [-0.05, 0) is 6.92 Å². The van der Waals surface area contributed by atoms with E-state index in [0.717, 1.165) is 0 Å². The van der Waals surface area contributed by atoms with Crippen LogP contribution in [0, 0.1) is 10.8 Å². The second-order valence-corrected chi connectivity index (χ2v) is 4.31. The lowest BCUT2D eigenvalue weighted by molar-refractivity contribution is -0.152. The molecular weight excluding hydrogens is 248 g/mol. The van der Waals surface area contributed by atoms with Gasteiger partial charge in [0.2, 0.25) is 0 Å². The summed E-state index contributed by atoms with van der Waals surface area (Å²) in [4.78, 5) is 10.2. The van der Waals surface area contributed by atoms with Gasteiger partial charge in [0.1, 0.15) is 5.41 Å². The van der Waals surface area contributed by atoms with Gasteiger partial charge in [-0.1, -0.05) is 0 Å². The highest BCUT2D eigenvalue weighted by Crippen LogP contribution is 2.13. The van der Waals surface area contributed by atoms with Crippen molar-refractivity contribution in [2.24, 2.45) is 10.8 Å². The highest BCUT2D eigenvalue weighted by molar-refractivity contribution is 5.74. The fourth-order valence-electron chi connectivity index (χ4n) is 0.485. The summed E-state index contributed by atoms with van der Waals surface area (Å²) in [5.41, 5.74) is -2.50. The lowest BCUT2D eigenvalue weighted by Gasteiger charge is -2.23. The largest absolute Gasteiger partial charge is 0.481 e. The molecule has 0 fully saturated rings. The molecule has 0 aromatic carbocycles. The molecule has 7 N–H and O–H groups in total. The predicted octanol–water partition coefficient (Wildman–Crippen LogP) is -3.00. The molecule has 8 heteroatoms. The number of carbonyl (C=O) groups is 1. The third-order valence-electron chi connectivity index (χ3n) is 2.56. The minimum Gasteiger partial charge on any atom is -0.481 e. The first-order valence-corrected chi connectivity index (χ1v) is 5.20. The summed E-state index contributed by atoms with van der Waals surface area (Å²) in [6.07, 6.45) is 0. The van der Waals surface area contributed by atoms with Crippen molar-refractivity contribution in [3.8, 4) is 0 Å². The number of hydrogen-bond acceptors (Lipinski definition) is 7. The molecule has 0 aliphatic carbocycles. The zero-order chi connectivity index (χ0) is 14.8. The molecule has 0 radical (unpaired) electrons. The van der Waals surface area contributed by atoms with Gasteiger partial charge >= 0.3 is 5.97 Å². The average molecular weight is 270 g/mol. The Kier molecular flexibility index (Phi) is 10.00. The predicted molar refractivity (Wildman–Crippen MR) is 60.7 cm³/mol. The second kappa shape index (κ2) is 9.20. The molecule has 110 valence electrons. The summed E-state index contributed by atoms with van der Waals surface area (Å²) in [5, 5.41) is 59.1. The quantitative estimate of drug-likeness (QED) is 0.258. The minimum atomic E-state index is -1.39. The van der Waals surface area contributed by atoms with Crippen LogP contribution in [-0.2, 0) is 4.79 Å². The Balaban J connectivity index is 0. The second-order valence-electron chi connectivity index (χ2n) is 4.31. The van der Waals surface area contributed by atoms with Crippen LogP contribution >= 0.6 is 0 Å². The van der Waals surface area contributed by atoms with E-state index in [1.165, 1.54) is 6.92 Å². The lowest BCUT2D eigenvalue weighted by atomic mass is 9.93. The van der Waals surface area contributed by atoms with Gasteiger partial charge in [0.15, 0.2) is 0 Å². The number of carboxylic acid groups (broad SMARTS) is 1.